The molecule has 94 valence electrons. The van der Waals surface area contributed by atoms with E-state index < -0.39 is 0 Å². The van der Waals surface area contributed by atoms with E-state index >= 15 is 0 Å². The van der Waals surface area contributed by atoms with Crippen molar-refractivity contribution >= 4 is 25.1 Å². The Kier molecular flexibility index (Phi) is 23.1. The summed E-state index contributed by atoms with van der Waals surface area (Å²) in [5, 5.41) is 0. The predicted molar refractivity (Wildman–Crippen MR) is 59.4 cm³/mol. The molecule has 0 rings (SSSR count). The van der Waals surface area contributed by atoms with Gasteiger partial charge < -0.3 is 22.0 Å². The summed E-state index contributed by atoms with van der Waals surface area (Å²) in [6, 6.07) is 0. The van der Waals surface area contributed by atoms with Crippen molar-refractivity contribution in [3.63, 3.8) is 0 Å². The summed E-state index contributed by atoms with van der Waals surface area (Å²) >= 11 is 0. The molecule has 0 atom stereocenters. The number of hydrogen-bond acceptors (Lipinski definition) is 6. The number of aldehydes is 4. The van der Waals surface area contributed by atoms with Gasteiger partial charge in [0.25, 0.3) is 0 Å². The van der Waals surface area contributed by atoms with Crippen LogP contribution in [0.5, 0.6) is 0 Å². The fourth-order valence-corrected chi connectivity index (χ4v) is 1.22. The maximum Gasteiger partial charge on any atom is 1.00 e. The molecule has 0 heterocycles. The summed E-state index contributed by atoms with van der Waals surface area (Å²) in [5.41, 5.74) is 0. The number of carbonyl (C=O) groups excluding carboxylic acids is 4. The van der Waals surface area contributed by atoms with E-state index in [1.165, 1.54) is 0 Å². The van der Waals surface area contributed by atoms with Crippen LogP contribution in [0.15, 0.2) is 0 Å². The third-order valence-electron chi connectivity index (χ3n) is 2.06. The first-order valence-electron chi connectivity index (χ1n) is 4.97. The molecule has 0 saturated carbocycles. The van der Waals surface area contributed by atoms with Crippen LogP contribution in [0.2, 0.25) is 0 Å². The molecule has 0 aliphatic rings. The zero-order valence-electron chi connectivity index (χ0n) is 13.1. The minimum absolute atomic E-state index is 0. The van der Waals surface area contributed by atoms with Gasteiger partial charge in [-0.05, 0) is 0 Å². The molecular formula is C10H18N2Na2O4. The van der Waals surface area contributed by atoms with Crippen LogP contribution in [0.25, 0.3) is 0 Å². The average molecular weight is 276 g/mol. The molecule has 0 aromatic carbocycles. The number of nitrogens with zero attached hydrogens (tertiary/aromatic N) is 2. The van der Waals surface area contributed by atoms with E-state index in [-0.39, 0.29) is 88.1 Å². The van der Waals surface area contributed by atoms with Crippen LogP contribution in [-0.4, -0.2) is 74.2 Å². The van der Waals surface area contributed by atoms with E-state index in [2.05, 4.69) is 0 Å². The van der Waals surface area contributed by atoms with E-state index in [0.29, 0.717) is 38.2 Å². The van der Waals surface area contributed by atoms with Crippen molar-refractivity contribution in [3.8, 4) is 0 Å². The third kappa shape index (κ3) is 13.0. The Balaban J connectivity index is -0.000000187. The molecule has 0 radical (unpaired) electrons. The second kappa shape index (κ2) is 17.6. The van der Waals surface area contributed by atoms with Gasteiger partial charge >= 0.3 is 59.1 Å². The van der Waals surface area contributed by atoms with E-state index in [0.717, 1.165) is 0 Å². The Morgan fingerprint density at radius 3 is 1.00 bits per heavy atom. The molecule has 0 unspecified atom stereocenters. The molecule has 0 fully saturated rings. The molecule has 0 spiro atoms. The molecule has 0 bridgehead atoms. The Morgan fingerprint density at radius 1 is 0.611 bits per heavy atom. The summed E-state index contributed by atoms with van der Waals surface area (Å²) in [6.07, 6.45) is 2.86. The molecule has 0 amide bonds. The number of rotatable bonds is 11. The zero-order valence-corrected chi connectivity index (χ0v) is 15.1. The molecule has 18 heavy (non-hydrogen) atoms. The monoisotopic (exact) mass is 276 g/mol. The van der Waals surface area contributed by atoms with Gasteiger partial charge in [-0.25, -0.2) is 0 Å². The quantitative estimate of drug-likeness (QED) is 0.276. The molecular weight excluding hydrogens is 258 g/mol. The van der Waals surface area contributed by atoms with Gasteiger partial charge in [0.15, 0.2) is 0 Å². The molecule has 0 aliphatic heterocycles. The van der Waals surface area contributed by atoms with Gasteiger partial charge in [-0.3, -0.25) is 9.80 Å². The van der Waals surface area contributed by atoms with Gasteiger partial charge in [-0.1, -0.05) is 0 Å². The topological polar surface area (TPSA) is 74.8 Å². The summed E-state index contributed by atoms with van der Waals surface area (Å²) in [7, 11) is 0. The summed E-state index contributed by atoms with van der Waals surface area (Å²) in [6.45, 7) is 1.64. The SMILES string of the molecule is O=CCN(CC=O)CCN(CC=O)CC=O.[H-].[H-].[Na+].[Na+]. The third-order valence-corrected chi connectivity index (χ3v) is 2.06. The van der Waals surface area contributed by atoms with Crippen molar-refractivity contribution in [1.29, 1.82) is 0 Å². The van der Waals surface area contributed by atoms with Crippen LogP contribution in [-0.2, 0) is 19.2 Å². The zero-order chi connectivity index (χ0) is 12.2. The van der Waals surface area contributed by atoms with Crippen LogP contribution in [0, 0.1) is 0 Å². The Morgan fingerprint density at radius 2 is 0.833 bits per heavy atom. The van der Waals surface area contributed by atoms with E-state index in [9.17, 15) is 19.2 Å². The second-order valence-electron chi connectivity index (χ2n) is 3.19. The Bertz CT molecular complexity index is 207. The first-order valence-corrected chi connectivity index (χ1v) is 4.97. The van der Waals surface area contributed by atoms with E-state index in [1.807, 2.05) is 0 Å². The van der Waals surface area contributed by atoms with Crippen LogP contribution in [0.4, 0.5) is 0 Å². The normalized spacial score (nSPS) is 9.22. The number of carbonyl (C=O) groups is 4. The van der Waals surface area contributed by atoms with Crippen LogP contribution >= 0.6 is 0 Å². The largest absolute Gasteiger partial charge is 1.00 e. The van der Waals surface area contributed by atoms with Crippen molar-refractivity contribution < 1.29 is 81.1 Å². The molecule has 8 heteroatoms. The van der Waals surface area contributed by atoms with Gasteiger partial charge in [0.1, 0.15) is 25.1 Å². The minimum atomic E-state index is 0. The first-order chi connectivity index (χ1) is 7.78. The molecule has 0 aromatic rings. The van der Waals surface area contributed by atoms with Gasteiger partial charge in [-0.15, -0.1) is 0 Å². The van der Waals surface area contributed by atoms with Crippen molar-refractivity contribution in [2.45, 2.75) is 0 Å². The first kappa shape index (κ1) is 23.7. The predicted octanol–water partition coefficient (Wildman–Crippen LogP) is -7.38. The number of hydrogen-bond donors (Lipinski definition) is 0. The fraction of sp³-hybridized carbons (Fsp3) is 0.600. The van der Waals surface area contributed by atoms with Crippen molar-refractivity contribution in [3.05, 3.63) is 0 Å². The fourth-order valence-electron chi connectivity index (χ4n) is 1.22. The summed E-state index contributed by atoms with van der Waals surface area (Å²) in [5.74, 6) is 0. The van der Waals surface area contributed by atoms with Crippen molar-refractivity contribution in [2.75, 3.05) is 39.3 Å². The van der Waals surface area contributed by atoms with Crippen molar-refractivity contribution in [1.82, 2.24) is 9.80 Å². The Labute approximate surface area is 154 Å². The van der Waals surface area contributed by atoms with E-state index in [4.69, 9.17) is 0 Å². The molecule has 6 nitrogen and oxygen atoms in total. The van der Waals surface area contributed by atoms with Crippen LogP contribution in [0.1, 0.15) is 2.85 Å². The van der Waals surface area contributed by atoms with Gasteiger partial charge in [0.2, 0.25) is 0 Å². The smallest absolute Gasteiger partial charge is 1.00 e. The molecule has 0 saturated heterocycles. The average Bonchev–Trinajstić information content (AvgIpc) is 2.27. The summed E-state index contributed by atoms with van der Waals surface area (Å²) in [4.78, 5) is 44.5. The standard InChI is InChI=1S/C10H16N2O4.2Na.2H/c13-7-3-11(4-8-14)1-2-12(5-9-15)6-10-16;;;;/h7-10H,1-6H2;;;;/q;2*+1;2*-1. The molecule has 0 aromatic heterocycles. The van der Waals surface area contributed by atoms with E-state index in [1.54, 1.807) is 9.80 Å². The second-order valence-corrected chi connectivity index (χ2v) is 3.19. The van der Waals surface area contributed by atoms with Gasteiger partial charge in [0.05, 0.1) is 26.2 Å². The van der Waals surface area contributed by atoms with Crippen LogP contribution in [0.3, 0.4) is 0 Å². The molecule has 0 aliphatic carbocycles. The van der Waals surface area contributed by atoms with Gasteiger partial charge in [-0.2, -0.15) is 0 Å². The van der Waals surface area contributed by atoms with Crippen molar-refractivity contribution in [2.24, 2.45) is 0 Å². The maximum absolute atomic E-state index is 10.3. The minimum Gasteiger partial charge on any atom is -1.00 e. The summed E-state index contributed by atoms with van der Waals surface area (Å²) < 4.78 is 0. The van der Waals surface area contributed by atoms with Gasteiger partial charge in [0, 0.05) is 13.1 Å². The Hall–Kier alpha value is 0.600. The molecule has 0 N–H and O–H groups in total. The maximum atomic E-state index is 10.3. The van der Waals surface area contributed by atoms with Crippen LogP contribution < -0.4 is 59.1 Å².